The van der Waals surface area contributed by atoms with Gasteiger partial charge in [0.05, 0.1) is 16.7 Å². The fourth-order valence-corrected chi connectivity index (χ4v) is 4.45. The van der Waals surface area contributed by atoms with Crippen LogP contribution in [0.3, 0.4) is 0 Å². The molecule has 0 bridgehead atoms. The molecule has 1 unspecified atom stereocenters. The largest absolute Gasteiger partial charge is 0.350 e. The number of nitrogens with one attached hydrogen (secondary N) is 1. The number of amides is 1. The molecule has 1 aliphatic heterocycles. The molecule has 1 heterocycles. The Bertz CT molecular complexity index is 743. The van der Waals surface area contributed by atoms with E-state index in [2.05, 4.69) is 5.32 Å². The van der Waals surface area contributed by atoms with Crippen LogP contribution in [0.2, 0.25) is 0 Å². The Hall–Kier alpha value is -1.87. The Kier molecular flexibility index (Phi) is 7.43. The first-order valence-corrected chi connectivity index (χ1v) is 9.60. The zero-order valence-corrected chi connectivity index (χ0v) is 16.5. The summed E-state index contributed by atoms with van der Waals surface area (Å²) < 4.78 is 13.8. The summed E-state index contributed by atoms with van der Waals surface area (Å²) in [5, 5.41) is 14.2. The van der Waals surface area contributed by atoms with Gasteiger partial charge >= 0.3 is 0 Å². The molecule has 1 aliphatic carbocycles. The number of rotatable bonds is 5. The first kappa shape index (κ1) is 21.4. The summed E-state index contributed by atoms with van der Waals surface area (Å²) in [4.78, 5) is 29.2. The van der Waals surface area contributed by atoms with Gasteiger partial charge in [-0.2, -0.15) is 0 Å². The molecule has 2 aliphatic rings. The number of anilines is 1. The van der Waals surface area contributed by atoms with E-state index in [1.165, 1.54) is 12.8 Å². The highest BCUT2D eigenvalue weighted by atomic mass is 35.5. The number of carbonyl (C=O) groups is 1. The second kappa shape index (κ2) is 9.36. The number of aliphatic imine (C=N–C) groups is 1. The first-order valence-electron chi connectivity index (χ1n) is 8.61. The van der Waals surface area contributed by atoms with Gasteiger partial charge in [-0.25, -0.2) is 4.39 Å². The molecule has 1 saturated carbocycles. The van der Waals surface area contributed by atoms with Crippen molar-refractivity contribution >= 4 is 46.6 Å². The van der Waals surface area contributed by atoms with E-state index in [-0.39, 0.29) is 42.2 Å². The minimum absolute atomic E-state index is 0. The van der Waals surface area contributed by atoms with E-state index in [0.29, 0.717) is 6.04 Å². The second-order valence-electron chi connectivity index (χ2n) is 6.60. The van der Waals surface area contributed by atoms with Crippen molar-refractivity contribution in [2.75, 3.05) is 18.1 Å². The van der Waals surface area contributed by atoms with Gasteiger partial charge in [-0.3, -0.25) is 19.9 Å². The lowest BCUT2D eigenvalue weighted by molar-refractivity contribution is -0.384. The van der Waals surface area contributed by atoms with E-state index in [1.807, 2.05) is 11.9 Å². The lowest BCUT2D eigenvalue weighted by atomic mass is 10.2. The van der Waals surface area contributed by atoms with Crippen molar-refractivity contribution in [1.29, 1.82) is 0 Å². The Labute approximate surface area is 167 Å². The lowest BCUT2D eigenvalue weighted by Gasteiger charge is -2.21. The summed E-state index contributed by atoms with van der Waals surface area (Å²) in [5.74, 6) is -0.321. The third-order valence-corrected chi connectivity index (χ3v) is 5.93. The van der Waals surface area contributed by atoms with Crippen molar-refractivity contribution in [3.63, 3.8) is 0 Å². The smallest absolute Gasteiger partial charge is 0.271 e. The summed E-state index contributed by atoms with van der Waals surface area (Å²) in [6.07, 6.45) is 4.85. The van der Waals surface area contributed by atoms with Crippen molar-refractivity contribution in [1.82, 2.24) is 4.90 Å². The number of nitro groups is 1. The molecule has 10 heteroatoms. The number of nitro benzene ring substituents is 1. The predicted molar refractivity (Wildman–Crippen MR) is 107 cm³/mol. The second-order valence-corrected chi connectivity index (χ2v) is 7.59. The Morgan fingerprint density at radius 1 is 1.44 bits per heavy atom. The summed E-state index contributed by atoms with van der Waals surface area (Å²) >= 11 is 1.64. The average molecular weight is 417 g/mol. The van der Waals surface area contributed by atoms with Gasteiger partial charge in [0.25, 0.3) is 5.69 Å². The van der Waals surface area contributed by atoms with Crippen molar-refractivity contribution in [2.45, 2.75) is 44.2 Å². The summed E-state index contributed by atoms with van der Waals surface area (Å²) in [5.41, 5.74) is -0.432. The Balaban J connectivity index is 0.00000261. The number of benzene rings is 1. The molecule has 1 amide bonds. The Morgan fingerprint density at radius 2 is 2.15 bits per heavy atom. The highest BCUT2D eigenvalue weighted by Gasteiger charge is 2.30. The fourth-order valence-electron chi connectivity index (χ4n) is 3.19. The van der Waals surface area contributed by atoms with Gasteiger partial charge in [0.2, 0.25) is 5.91 Å². The van der Waals surface area contributed by atoms with E-state index in [4.69, 9.17) is 4.99 Å². The number of hydrogen-bond acceptors (Lipinski definition) is 5. The molecule has 27 heavy (non-hydrogen) atoms. The van der Waals surface area contributed by atoms with Crippen LogP contribution in [0.15, 0.2) is 23.2 Å². The van der Waals surface area contributed by atoms with Gasteiger partial charge in [0, 0.05) is 37.4 Å². The zero-order chi connectivity index (χ0) is 18.7. The minimum Gasteiger partial charge on any atom is -0.350 e. The van der Waals surface area contributed by atoms with Crippen molar-refractivity contribution in [3.8, 4) is 0 Å². The molecule has 3 rings (SSSR count). The van der Waals surface area contributed by atoms with Crippen molar-refractivity contribution in [2.24, 2.45) is 4.99 Å². The summed E-state index contributed by atoms with van der Waals surface area (Å²) in [6, 6.07) is 3.44. The maximum Gasteiger partial charge on any atom is 0.271 e. The van der Waals surface area contributed by atoms with E-state index in [0.717, 1.165) is 42.0 Å². The van der Waals surface area contributed by atoms with Gasteiger partial charge in [-0.15, -0.1) is 12.4 Å². The third-order valence-electron chi connectivity index (χ3n) is 4.73. The van der Waals surface area contributed by atoms with E-state index in [9.17, 15) is 19.3 Å². The van der Waals surface area contributed by atoms with Crippen LogP contribution in [0.5, 0.6) is 0 Å². The molecule has 1 saturated heterocycles. The van der Waals surface area contributed by atoms with Gasteiger partial charge in [-0.1, -0.05) is 24.6 Å². The fraction of sp³-hybridized carbons (Fsp3) is 0.529. The van der Waals surface area contributed by atoms with Crippen LogP contribution >= 0.6 is 24.2 Å². The molecule has 148 valence electrons. The van der Waals surface area contributed by atoms with Crippen LogP contribution in [0.1, 0.15) is 32.1 Å². The number of halogens is 2. The van der Waals surface area contributed by atoms with Crippen LogP contribution in [-0.2, 0) is 4.79 Å². The molecular weight excluding hydrogens is 395 g/mol. The SMILES string of the molecule is CN1C(=NC2CCCC2)SCC1CC(=O)Nc1cc([N+](=O)[O-])ccc1F.Cl. The standard InChI is InChI=1S/C17H21FN4O3S.ClH/c1-21-13(10-26-17(21)19-11-4-2-3-5-11)9-16(23)20-15-8-12(22(24)25)6-7-14(15)18;/h6-8,11,13H,2-5,9-10H2,1H3,(H,20,23);1H. The molecule has 7 nitrogen and oxygen atoms in total. The number of carbonyl (C=O) groups excluding carboxylic acids is 1. The van der Waals surface area contributed by atoms with E-state index < -0.39 is 10.7 Å². The third kappa shape index (κ3) is 5.32. The normalized spacial score (nSPS) is 21.3. The van der Waals surface area contributed by atoms with Crippen LogP contribution in [-0.4, -0.2) is 45.8 Å². The molecule has 1 atom stereocenters. The van der Waals surface area contributed by atoms with Crippen molar-refractivity contribution < 1.29 is 14.1 Å². The van der Waals surface area contributed by atoms with Gasteiger partial charge in [0.1, 0.15) is 5.82 Å². The molecule has 1 aromatic carbocycles. The van der Waals surface area contributed by atoms with Crippen LogP contribution in [0.4, 0.5) is 15.8 Å². The summed E-state index contributed by atoms with van der Waals surface area (Å²) in [7, 11) is 1.92. The average Bonchev–Trinajstić information content (AvgIpc) is 3.22. The maximum absolute atomic E-state index is 13.8. The van der Waals surface area contributed by atoms with Crippen LogP contribution in [0, 0.1) is 15.9 Å². The first-order chi connectivity index (χ1) is 12.4. The highest BCUT2D eigenvalue weighted by molar-refractivity contribution is 8.14. The number of thioether (sulfide) groups is 1. The van der Waals surface area contributed by atoms with Crippen LogP contribution < -0.4 is 5.32 Å². The molecule has 2 fully saturated rings. The maximum atomic E-state index is 13.8. The number of nitrogens with zero attached hydrogens (tertiary/aromatic N) is 3. The molecule has 0 spiro atoms. The summed E-state index contributed by atoms with van der Waals surface area (Å²) in [6.45, 7) is 0. The monoisotopic (exact) mass is 416 g/mol. The van der Waals surface area contributed by atoms with E-state index >= 15 is 0 Å². The van der Waals surface area contributed by atoms with Gasteiger partial charge in [-0.05, 0) is 18.9 Å². The van der Waals surface area contributed by atoms with Gasteiger partial charge < -0.3 is 10.2 Å². The molecule has 0 aromatic heterocycles. The lowest BCUT2D eigenvalue weighted by Crippen LogP contribution is -2.34. The zero-order valence-electron chi connectivity index (χ0n) is 14.9. The van der Waals surface area contributed by atoms with E-state index in [1.54, 1.807) is 11.8 Å². The molecular formula is C17H22ClFN4O3S. The number of hydrogen-bond donors (Lipinski definition) is 1. The topological polar surface area (TPSA) is 87.8 Å². The molecule has 1 N–H and O–H groups in total. The predicted octanol–water partition coefficient (Wildman–Crippen LogP) is 3.83. The molecule has 1 aromatic rings. The Morgan fingerprint density at radius 3 is 2.81 bits per heavy atom. The number of non-ortho nitro benzene ring substituents is 1. The van der Waals surface area contributed by atoms with Crippen LogP contribution in [0.25, 0.3) is 0 Å². The van der Waals surface area contributed by atoms with Crippen molar-refractivity contribution in [3.05, 3.63) is 34.1 Å². The van der Waals surface area contributed by atoms with Gasteiger partial charge in [0.15, 0.2) is 5.17 Å². The quantitative estimate of drug-likeness (QED) is 0.582. The number of amidine groups is 1. The minimum atomic E-state index is -0.693. The highest BCUT2D eigenvalue weighted by Crippen LogP contribution is 2.29. The molecule has 0 radical (unpaired) electrons.